The quantitative estimate of drug-likeness (QED) is 0.571. The summed E-state index contributed by atoms with van der Waals surface area (Å²) >= 11 is 5.16. The second-order valence-electron chi connectivity index (χ2n) is 6.82. The number of aromatic nitrogens is 3. The lowest BCUT2D eigenvalue weighted by Crippen LogP contribution is -2.39. The standard InChI is InChI=1S/C18H24N6O3S2/c1-4-11(3)15(17(25)19-10-14-21-22-18(28)24(14)5-2)20-16-12-8-6-7-9-13(12)29(26,27)23-16/h6-9,11,15H,4-5,10H2,1-3H3,(H,19,25)(H,20,23)(H,22,28)/t11-,15-/m0/s1. The topological polar surface area (TPSA) is 121 Å². The molecule has 2 atom stereocenters. The van der Waals surface area contributed by atoms with E-state index in [9.17, 15) is 13.2 Å². The van der Waals surface area contributed by atoms with Gasteiger partial charge in [0.05, 0.1) is 11.4 Å². The number of amides is 1. The summed E-state index contributed by atoms with van der Waals surface area (Å²) in [4.78, 5) is 17.6. The Balaban J connectivity index is 1.86. The van der Waals surface area contributed by atoms with Crippen LogP contribution >= 0.6 is 12.2 Å². The van der Waals surface area contributed by atoms with E-state index < -0.39 is 16.1 Å². The van der Waals surface area contributed by atoms with E-state index in [1.54, 1.807) is 22.8 Å². The maximum atomic E-state index is 12.9. The number of amidine groups is 1. The highest BCUT2D eigenvalue weighted by Crippen LogP contribution is 2.24. The molecule has 2 heterocycles. The Morgan fingerprint density at radius 2 is 2.07 bits per heavy atom. The van der Waals surface area contributed by atoms with Gasteiger partial charge in [0.15, 0.2) is 10.6 Å². The predicted octanol–water partition coefficient (Wildman–Crippen LogP) is 1.73. The zero-order chi connectivity index (χ0) is 21.2. The van der Waals surface area contributed by atoms with Gasteiger partial charge >= 0.3 is 0 Å². The zero-order valence-electron chi connectivity index (χ0n) is 16.5. The Morgan fingerprint density at radius 3 is 2.76 bits per heavy atom. The van der Waals surface area contributed by atoms with Crippen molar-refractivity contribution in [2.24, 2.45) is 10.9 Å². The summed E-state index contributed by atoms with van der Waals surface area (Å²) in [7, 11) is -3.66. The van der Waals surface area contributed by atoms with Crippen LogP contribution in [-0.2, 0) is 27.9 Å². The predicted molar refractivity (Wildman–Crippen MR) is 111 cm³/mol. The molecule has 1 aliphatic heterocycles. The number of carbonyl (C=O) groups excluding carboxylic acids is 1. The third-order valence-electron chi connectivity index (χ3n) is 4.96. The molecule has 3 rings (SSSR count). The van der Waals surface area contributed by atoms with Crippen molar-refractivity contribution >= 4 is 34.0 Å². The number of aliphatic imine (C=N–C) groups is 1. The van der Waals surface area contributed by atoms with E-state index in [0.29, 0.717) is 29.1 Å². The van der Waals surface area contributed by atoms with Crippen LogP contribution in [0.5, 0.6) is 0 Å². The molecule has 1 aliphatic rings. The summed E-state index contributed by atoms with van der Waals surface area (Å²) in [5, 5.41) is 9.70. The van der Waals surface area contributed by atoms with Crippen LogP contribution < -0.4 is 10.0 Å². The summed E-state index contributed by atoms with van der Waals surface area (Å²) in [5.74, 6) is 0.421. The van der Waals surface area contributed by atoms with Crippen LogP contribution in [0, 0.1) is 10.7 Å². The van der Waals surface area contributed by atoms with Gasteiger partial charge in [-0.25, -0.2) is 8.42 Å². The summed E-state index contributed by atoms with van der Waals surface area (Å²) in [6, 6.07) is 5.84. The third-order valence-corrected chi connectivity index (χ3v) is 6.67. The Labute approximate surface area is 174 Å². The number of rotatable bonds is 7. The third kappa shape index (κ3) is 4.25. The first-order valence-electron chi connectivity index (χ1n) is 9.40. The van der Waals surface area contributed by atoms with Crippen molar-refractivity contribution in [2.75, 3.05) is 0 Å². The Hall–Kier alpha value is -2.53. The highest BCUT2D eigenvalue weighted by Gasteiger charge is 2.33. The van der Waals surface area contributed by atoms with Gasteiger partial charge in [0.1, 0.15) is 11.9 Å². The van der Waals surface area contributed by atoms with E-state index in [1.165, 1.54) is 6.07 Å². The molecular weight excluding hydrogens is 412 g/mol. The molecule has 156 valence electrons. The van der Waals surface area contributed by atoms with Crippen molar-refractivity contribution in [3.63, 3.8) is 0 Å². The zero-order valence-corrected chi connectivity index (χ0v) is 18.1. The molecule has 1 aromatic heterocycles. The second-order valence-corrected chi connectivity index (χ2v) is 8.85. The molecule has 9 nitrogen and oxygen atoms in total. The maximum absolute atomic E-state index is 12.9. The minimum absolute atomic E-state index is 0.0910. The second kappa shape index (κ2) is 8.46. The molecule has 11 heteroatoms. The van der Waals surface area contributed by atoms with Gasteiger partial charge in [-0.1, -0.05) is 32.4 Å². The first kappa shape index (κ1) is 21.2. The van der Waals surface area contributed by atoms with Gasteiger partial charge in [0, 0.05) is 12.1 Å². The number of nitrogens with zero attached hydrogens (tertiary/aromatic N) is 3. The lowest BCUT2D eigenvalue weighted by atomic mass is 9.98. The molecule has 1 aromatic carbocycles. The lowest BCUT2D eigenvalue weighted by Gasteiger charge is -2.19. The molecule has 3 N–H and O–H groups in total. The van der Waals surface area contributed by atoms with E-state index >= 15 is 0 Å². The summed E-state index contributed by atoms with van der Waals surface area (Å²) in [6.45, 7) is 6.64. The fourth-order valence-electron chi connectivity index (χ4n) is 3.12. The molecule has 0 spiro atoms. The molecule has 0 aliphatic carbocycles. The van der Waals surface area contributed by atoms with Crippen molar-refractivity contribution in [1.29, 1.82) is 0 Å². The lowest BCUT2D eigenvalue weighted by molar-refractivity contribution is -0.123. The Kier molecular flexibility index (Phi) is 6.18. The molecule has 0 saturated carbocycles. The van der Waals surface area contributed by atoms with Crippen molar-refractivity contribution < 1.29 is 13.2 Å². The number of H-pyrrole nitrogens is 1. The van der Waals surface area contributed by atoms with Gasteiger partial charge < -0.3 is 9.88 Å². The molecular formula is C18H24N6O3S2. The number of carbonyl (C=O) groups is 1. The first-order valence-corrected chi connectivity index (χ1v) is 11.3. The SMILES string of the molecule is CC[C@H](C)[C@H](N=C1NS(=O)(=O)c2ccccc21)C(=O)NCc1n[nH]c(=S)n1CC. The van der Waals surface area contributed by atoms with Crippen molar-refractivity contribution in [2.45, 2.75) is 51.2 Å². The fourth-order valence-corrected chi connectivity index (χ4v) is 4.64. The van der Waals surface area contributed by atoms with Crippen LogP contribution in [-0.4, -0.2) is 41.0 Å². The molecule has 0 saturated heterocycles. The largest absolute Gasteiger partial charge is 0.347 e. The van der Waals surface area contributed by atoms with Crippen molar-refractivity contribution in [3.05, 3.63) is 40.4 Å². The van der Waals surface area contributed by atoms with Crippen LogP contribution in [0.15, 0.2) is 34.2 Å². The molecule has 0 fully saturated rings. The summed E-state index contributed by atoms with van der Waals surface area (Å²) < 4.78 is 29.4. The fraction of sp³-hybridized carbons (Fsp3) is 0.444. The molecule has 0 bridgehead atoms. The van der Waals surface area contributed by atoms with E-state index in [1.807, 2.05) is 20.8 Å². The van der Waals surface area contributed by atoms with Gasteiger partial charge in [-0.15, -0.1) is 0 Å². The minimum Gasteiger partial charge on any atom is -0.347 e. The number of aromatic amines is 1. The number of hydrogen-bond acceptors (Lipinski definition) is 6. The highest BCUT2D eigenvalue weighted by molar-refractivity contribution is 7.90. The van der Waals surface area contributed by atoms with Crippen LogP contribution in [0.4, 0.5) is 0 Å². The minimum atomic E-state index is -3.66. The van der Waals surface area contributed by atoms with E-state index in [0.717, 1.165) is 0 Å². The smallest absolute Gasteiger partial charge is 0.263 e. The maximum Gasteiger partial charge on any atom is 0.263 e. The summed E-state index contributed by atoms with van der Waals surface area (Å²) in [6.07, 6.45) is 0.705. The number of fused-ring (bicyclic) bond motifs is 1. The normalized spacial score (nSPS) is 18.1. The van der Waals surface area contributed by atoms with E-state index in [2.05, 4.69) is 25.2 Å². The van der Waals surface area contributed by atoms with Crippen LogP contribution in [0.2, 0.25) is 0 Å². The number of sulfonamides is 1. The molecule has 29 heavy (non-hydrogen) atoms. The summed E-state index contributed by atoms with van der Waals surface area (Å²) in [5.41, 5.74) is 0.473. The highest BCUT2D eigenvalue weighted by atomic mass is 32.2. The van der Waals surface area contributed by atoms with Gasteiger partial charge in [-0.3, -0.25) is 19.6 Å². The van der Waals surface area contributed by atoms with Gasteiger partial charge in [0.2, 0.25) is 5.91 Å². The van der Waals surface area contributed by atoms with Gasteiger partial charge in [-0.2, -0.15) is 5.10 Å². The van der Waals surface area contributed by atoms with Crippen LogP contribution in [0.3, 0.4) is 0 Å². The molecule has 0 unspecified atom stereocenters. The molecule has 0 radical (unpaired) electrons. The number of hydrogen-bond donors (Lipinski definition) is 3. The number of nitrogens with one attached hydrogen (secondary N) is 3. The van der Waals surface area contributed by atoms with Gasteiger partial charge in [-0.05, 0) is 37.2 Å². The Morgan fingerprint density at radius 1 is 1.34 bits per heavy atom. The van der Waals surface area contributed by atoms with Crippen molar-refractivity contribution in [1.82, 2.24) is 24.8 Å². The van der Waals surface area contributed by atoms with E-state index in [4.69, 9.17) is 12.2 Å². The van der Waals surface area contributed by atoms with E-state index in [-0.39, 0.29) is 29.1 Å². The van der Waals surface area contributed by atoms with Crippen LogP contribution in [0.25, 0.3) is 0 Å². The van der Waals surface area contributed by atoms with Crippen LogP contribution in [0.1, 0.15) is 38.6 Å². The average molecular weight is 437 g/mol. The van der Waals surface area contributed by atoms with Crippen molar-refractivity contribution in [3.8, 4) is 0 Å². The number of benzene rings is 1. The van der Waals surface area contributed by atoms with Gasteiger partial charge in [0.25, 0.3) is 10.0 Å². The molecule has 2 aromatic rings. The Bertz CT molecular complexity index is 1100. The average Bonchev–Trinajstić information content (AvgIpc) is 3.20. The first-order chi connectivity index (χ1) is 13.8. The molecule has 1 amide bonds. The monoisotopic (exact) mass is 436 g/mol.